The van der Waals surface area contributed by atoms with Gasteiger partial charge in [-0.15, -0.1) is 0 Å². The molecule has 1 aliphatic carbocycles. The highest BCUT2D eigenvalue weighted by atomic mass is 19.1. The second kappa shape index (κ2) is 11.4. The van der Waals surface area contributed by atoms with Crippen molar-refractivity contribution >= 4 is 11.0 Å². The van der Waals surface area contributed by atoms with E-state index in [-0.39, 0.29) is 18.2 Å². The minimum Gasteiger partial charge on any atom is -0.341 e. The third kappa shape index (κ3) is 5.75. The Bertz CT molecular complexity index is 1510. The Kier molecular flexibility index (Phi) is 7.43. The highest BCUT2D eigenvalue weighted by molar-refractivity contribution is 5.74. The average Bonchev–Trinajstić information content (AvgIpc) is 3.37. The van der Waals surface area contributed by atoms with Gasteiger partial charge < -0.3 is 10.3 Å². The monoisotopic (exact) mass is 523 g/mol. The molecule has 2 N–H and O–H groups in total. The van der Waals surface area contributed by atoms with Crippen LogP contribution in [0, 0.1) is 11.6 Å². The molecule has 5 nitrogen and oxygen atoms in total. The molecule has 0 amide bonds. The van der Waals surface area contributed by atoms with Gasteiger partial charge in [0.1, 0.15) is 17.5 Å². The number of hydrogen-bond acceptors (Lipinski definition) is 4. The second-order valence-corrected chi connectivity index (χ2v) is 10.2. The van der Waals surface area contributed by atoms with E-state index < -0.39 is 11.6 Å². The van der Waals surface area contributed by atoms with Gasteiger partial charge in [0.05, 0.1) is 29.3 Å². The number of halogens is 2. The van der Waals surface area contributed by atoms with Crippen molar-refractivity contribution in [3.8, 4) is 0 Å². The van der Waals surface area contributed by atoms with Crippen molar-refractivity contribution in [1.29, 1.82) is 0 Å². The summed E-state index contributed by atoms with van der Waals surface area (Å²) in [6.07, 6.45) is 5.15. The van der Waals surface area contributed by atoms with Gasteiger partial charge in [0.15, 0.2) is 0 Å². The lowest BCUT2D eigenvalue weighted by atomic mass is 9.90. The lowest BCUT2D eigenvalue weighted by Gasteiger charge is -2.34. The summed E-state index contributed by atoms with van der Waals surface area (Å²) in [4.78, 5) is 15.6. The number of aromatic amines is 1. The number of nitrogens with one attached hydrogen (secondary N) is 2. The van der Waals surface area contributed by atoms with Crippen LogP contribution < -0.4 is 5.32 Å². The maximum Gasteiger partial charge on any atom is 0.130 e. The van der Waals surface area contributed by atoms with Crippen LogP contribution >= 0.6 is 0 Å². The number of nitrogens with zero attached hydrogens (tertiary/aromatic N) is 3. The molecule has 5 aromatic rings. The van der Waals surface area contributed by atoms with E-state index in [0.717, 1.165) is 48.2 Å². The minimum atomic E-state index is -0.527. The Balaban J connectivity index is 1.18. The van der Waals surface area contributed by atoms with Gasteiger partial charge in [0.2, 0.25) is 0 Å². The number of H-pyrrole nitrogens is 1. The normalized spacial score (nSPS) is 15.1. The summed E-state index contributed by atoms with van der Waals surface area (Å²) in [5, 5.41) is 3.16. The lowest BCUT2D eigenvalue weighted by Crippen LogP contribution is -2.31. The first-order valence-electron chi connectivity index (χ1n) is 13.5. The zero-order valence-corrected chi connectivity index (χ0v) is 21.7. The summed E-state index contributed by atoms with van der Waals surface area (Å²) in [5.41, 5.74) is 6.83. The van der Waals surface area contributed by atoms with Crippen LogP contribution in [0.15, 0.2) is 85.1 Å². The molecule has 0 saturated heterocycles. The Morgan fingerprint density at radius 1 is 0.846 bits per heavy atom. The van der Waals surface area contributed by atoms with Crippen molar-refractivity contribution in [2.24, 2.45) is 0 Å². The van der Waals surface area contributed by atoms with Crippen molar-refractivity contribution in [3.63, 3.8) is 0 Å². The first-order chi connectivity index (χ1) is 19.1. The molecule has 0 fully saturated rings. The number of fused-ring (bicyclic) bond motifs is 2. The number of pyridine rings is 1. The zero-order chi connectivity index (χ0) is 26.6. The summed E-state index contributed by atoms with van der Waals surface area (Å²) in [6, 6.07) is 24.9. The van der Waals surface area contributed by atoms with E-state index in [4.69, 9.17) is 9.97 Å². The van der Waals surface area contributed by atoms with E-state index in [1.165, 1.54) is 35.0 Å². The maximum absolute atomic E-state index is 13.9. The Morgan fingerprint density at radius 3 is 2.46 bits per heavy atom. The lowest BCUT2D eigenvalue weighted by molar-refractivity contribution is 0.153. The molecule has 0 saturated carbocycles. The number of aromatic nitrogens is 3. The fourth-order valence-corrected chi connectivity index (χ4v) is 5.52. The molecule has 7 heteroatoms. The van der Waals surface area contributed by atoms with Crippen molar-refractivity contribution < 1.29 is 8.78 Å². The largest absolute Gasteiger partial charge is 0.341 e. The number of rotatable bonds is 9. The predicted octanol–water partition coefficient (Wildman–Crippen LogP) is 6.61. The molecule has 3 aromatic carbocycles. The molecule has 39 heavy (non-hydrogen) atoms. The van der Waals surface area contributed by atoms with E-state index in [1.807, 2.05) is 30.5 Å². The van der Waals surface area contributed by atoms with Crippen LogP contribution in [-0.4, -0.2) is 19.9 Å². The molecular weight excluding hydrogens is 492 g/mol. The third-order valence-electron chi connectivity index (χ3n) is 7.50. The first kappa shape index (κ1) is 25.3. The molecule has 0 aliphatic heterocycles. The SMILES string of the molecule is Fc1cccc(F)c1CNCc1ccc(CN(Cc2nc3ccccc3[nH]2)C2CCCc3cccnc32)cc1. The fourth-order valence-electron chi connectivity index (χ4n) is 5.52. The molecule has 198 valence electrons. The number of aryl methyl sites for hydroxylation is 1. The number of para-hydroxylation sites is 2. The third-order valence-corrected chi connectivity index (χ3v) is 7.50. The van der Waals surface area contributed by atoms with Crippen LogP contribution in [0.25, 0.3) is 11.0 Å². The fraction of sp³-hybridized carbons (Fsp3) is 0.250. The highest BCUT2D eigenvalue weighted by Gasteiger charge is 2.28. The summed E-state index contributed by atoms with van der Waals surface area (Å²) in [7, 11) is 0. The smallest absolute Gasteiger partial charge is 0.130 e. The molecule has 0 spiro atoms. The molecule has 1 unspecified atom stereocenters. The van der Waals surface area contributed by atoms with Crippen LogP contribution in [0.4, 0.5) is 8.78 Å². The summed E-state index contributed by atoms with van der Waals surface area (Å²) in [6.45, 7) is 2.11. The average molecular weight is 524 g/mol. The topological polar surface area (TPSA) is 56.8 Å². The number of imidazole rings is 1. The van der Waals surface area contributed by atoms with Gasteiger partial charge >= 0.3 is 0 Å². The van der Waals surface area contributed by atoms with E-state index in [1.54, 1.807) is 0 Å². The van der Waals surface area contributed by atoms with E-state index >= 15 is 0 Å². The van der Waals surface area contributed by atoms with Gasteiger partial charge in [-0.05, 0) is 66.3 Å². The van der Waals surface area contributed by atoms with Crippen LogP contribution in [-0.2, 0) is 32.6 Å². The van der Waals surface area contributed by atoms with Crippen molar-refractivity contribution in [3.05, 3.63) is 130 Å². The molecule has 2 heterocycles. The van der Waals surface area contributed by atoms with E-state index in [2.05, 4.69) is 51.6 Å². The minimum absolute atomic E-state index is 0.0664. The Morgan fingerprint density at radius 2 is 1.64 bits per heavy atom. The van der Waals surface area contributed by atoms with Crippen LogP contribution in [0.5, 0.6) is 0 Å². The van der Waals surface area contributed by atoms with E-state index in [9.17, 15) is 8.78 Å². The van der Waals surface area contributed by atoms with Gasteiger partial charge in [-0.25, -0.2) is 13.8 Å². The van der Waals surface area contributed by atoms with E-state index in [0.29, 0.717) is 13.1 Å². The van der Waals surface area contributed by atoms with Crippen LogP contribution in [0.3, 0.4) is 0 Å². The van der Waals surface area contributed by atoms with Crippen molar-refractivity contribution in [1.82, 2.24) is 25.2 Å². The van der Waals surface area contributed by atoms with Gasteiger partial charge in [0, 0.05) is 31.4 Å². The molecule has 6 rings (SSSR count). The molecule has 1 aliphatic rings. The van der Waals surface area contributed by atoms with Crippen molar-refractivity contribution in [2.45, 2.75) is 51.5 Å². The second-order valence-electron chi connectivity index (χ2n) is 10.2. The van der Waals surface area contributed by atoms with Gasteiger partial charge in [-0.2, -0.15) is 0 Å². The molecule has 1 atom stereocenters. The standard InChI is InChI=1S/C32H31F2N5/c33-26-8-4-9-27(34)25(26)19-35-18-22-13-15-23(16-14-22)20-39(21-31-37-28-10-1-2-11-29(28)38-31)30-12-3-6-24-7-5-17-36-32(24)30/h1-2,4-5,7-11,13-17,30,35H,3,6,12,18-21H2,(H,37,38). The highest BCUT2D eigenvalue weighted by Crippen LogP contribution is 2.34. The van der Waals surface area contributed by atoms with Gasteiger partial charge in [-0.1, -0.05) is 48.5 Å². The van der Waals surface area contributed by atoms with Crippen LogP contribution in [0.1, 0.15) is 52.7 Å². The number of benzene rings is 3. The number of hydrogen-bond donors (Lipinski definition) is 2. The quantitative estimate of drug-likeness (QED) is 0.228. The molecule has 2 aromatic heterocycles. The van der Waals surface area contributed by atoms with Gasteiger partial charge in [-0.3, -0.25) is 9.88 Å². The Hall–Kier alpha value is -3.94. The zero-order valence-electron chi connectivity index (χ0n) is 21.7. The molecular formula is C32H31F2N5. The summed E-state index contributed by atoms with van der Waals surface area (Å²) < 4.78 is 27.8. The summed E-state index contributed by atoms with van der Waals surface area (Å²) in [5.74, 6) is -0.109. The maximum atomic E-state index is 13.9. The van der Waals surface area contributed by atoms with Crippen molar-refractivity contribution in [2.75, 3.05) is 0 Å². The first-order valence-corrected chi connectivity index (χ1v) is 13.5. The molecule has 0 radical (unpaired) electrons. The molecule has 0 bridgehead atoms. The van der Waals surface area contributed by atoms with Gasteiger partial charge in [0.25, 0.3) is 0 Å². The predicted molar refractivity (Wildman–Crippen MR) is 149 cm³/mol. The Labute approximate surface area is 226 Å². The summed E-state index contributed by atoms with van der Waals surface area (Å²) >= 11 is 0. The van der Waals surface area contributed by atoms with Crippen LogP contribution in [0.2, 0.25) is 0 Å².